The van der Waals surface area contributed by atoms with Crippen molar-refractivity contribution in [3.05, 3.63) is 11.6 Å². The first-order valence-electron chi connectivity index (χ1n) is 13.2. The summed E-state index contributed by atoms with van der Waals surface area (Å²) in [6, 6.07) is 0. The van der Waals surface area contributed by atoms with Crippen molar-refractivity contribution in [1.82, 2.24) is 0 Å². The molecule has 3 fully saturated rings. The van der Waals surface area contributed by atoms with Crippen molar-refractivity contribution in [2.24, 2.45) is 34.5 Å². The fourth-order valence-electron chi connectivity index (χ4n) is 8.12. The van der Waals surface area contributed by atoms with Crippen LogP contribution in [0.2, 0.25) is 0 Å². The van der Waals surface area contributed by atoms with Gasteiger partial charge in [-0.2, -0.15) is 0 Å². The van der Waals surface area contributed by atoms with Gasteiger partial charge in [0.25, 0.3) is 0 Å². The van der Waals surface area contributed by atoms with Gasteiger partial charge in [-0.05, 0) is 55.3 Å². The number of carbonyl (C=O) groups excluding carboxylic acids is 4. The zero-order valence-electron chi connectivity index (χ0n) is 21.4. The number of hydrogen-bond donors (Lipinski definition) is 0. The zero-order valence-corrected chi connectivity index (χ0v) is 21.4. The SMILES string of the molecule is CCC(=O)OCC(=O)[C@]1(OC(=O)CC)[C@@H](C)C[C@H]2[C@@H]3CC[C@H]4CC(=O)CC[C@]4(C)C3=CC[C@@]21C. The average Bonchev–Trinajstić information content (AvgIpc) is 3.04. The Morgan fingerprint density at radius 2 is 1.79 bits per heavy atom. The van der Waals surface area contributed by atoms with Crippen LogP contribution in [0.4, 0.5) is 0 Å². The van der Waals surface area contributed by atoms with Crippen LogP contribution in [-0.2, 0) is 28.7 Å². The number of carbonyl (C=O) groups is 4. The van der Waals surface area contributed by atoms with Gasteiger partial charge in [-0.3, -0.25) is 19.2 Å². The molecule has 0 bridgehead atoms. The highest BCUT2D eigenvalue weighted by Crippen LogP contribution is 2.68. The Bertz CT molecular complexity index is 920. The molecular weight excluding hydrogens is 432 g/mol. The van der Waals surface area contributed by atoms with Crippen molar-refractivity contribution in [1.29, 1.82) is 0 Å². The highest BCUT2D eigenvalue weighted by atomic mass is 16.6. The second kappa shape index (κ2) is 8.91. The molecule has 7 atom stereocenters. The van der Waals surface area contributed by atoms with Gasteiger partial charge in [-0.1, -0.05) is 46.3 Å². The van der Waals surface area contributed by atoms with Gasteiger partial charge in [-0.25, -0.2) is 0 Å². The molecule has 0 aromatic carbocycles. The molecule has 4 rings (SSSR count). The van der Waals surface area contributed by atoms with E-state index in [0.29, 0.717) is 36.9 Å². The summed E-state index contributed by atoms with van der Waals surface area (Å²) in [6.45, 7) is 9.53. The van der Waals surface area contributed by atoms with Crippen LogP contribution < -0.4 is 0 Å². The van der Waals surface area contributed by atoms with E-state index in [4.69, 9.17) is 9.47 Å². The minimum atomic E-state index is -1.30. The molecule has 6 heteroatoms. The van der Waals surface area contributed by atoms with Gasteiger partial charge in [0.15, 0.2) is 12.2 Å². The van der Waals surface area contributed by atoms with Crippen LogP contribution in [-0.4, -0.2) is 35.7 Å². The maximum Gasteiger partial charge on any atom is 0.306 e. The lowest BCUT2D eigenvalue weighted by Gasteiger charge is -2.57. The second-order valence-electron chi connectivity index (χ2n) is 11.6. The smallest absolute Gasteiger partial charge is 0.306 e. The molecule has 0 amide bonds. The molecule has 4 aliphatic rings. The average molecular weight is 473 g/mol. The number of hydrogen-bond acceptors (Lipinski definition) is 6. The van der Waals surface area contributed by atoms with E-state index in [1.54, 1.807) is 13.8 Å². The molecule has 0 aliphatic heterocycles. The monoisotopic (exact) mass is 472 g/mol. The molecule has 0 N–H and O–H groups in total. The molecule has 0 radical (unpaired) electrons. The van der Waals surface area contributed by atoms with Gasteiger partial charge in [0.2, 0.25) is 5.78 Å². The third kappa shape index (κ3) is 3.58. The van der Waals surface area contributed by atoms with E-state index < -0.39 is 17.0 Å². The molecule has 6 nitrogen and oxygen atoms in total. The molecule has 4 aliphatic carbocycles. The molecular formula is C28H40O6. The fourth-order valence-corrected chi connectivity index (χ4v) is 8.12. The summed E-state index contributed by atoms with van der Waals surface area (Å²) in [5.74, 6) is 0.0242. The number of Topliss-reactive ketones (excluding diaryl/α,β-unsaturated/α-hetero) is 2. The largest absolute Gasteiger partial charge is 0.457 e. The van der Waals surface area contributed by atoms with Crippen molar-refractivity contribution < 1.29 is 28.7 Å². The van der Waals surface area contributed by atoms with Gasteiger partial charge in [0, 0.05) is 37.0 Å². The van der Waals surface area contributed by atoms with E-state index >= 15 is 0 Å². The fraction of sp³-hybridized carbons (Fsp3) is 0.786. The first-order valence-corrected chi connectivity index (χ1v) is 13.2. The number of ketones is 2. The summed E-state index contributed by atoms with van der Waals surface area (Å²) in [7, 11) is 0. The van der Waals surface area contributed by atoms with Crippen LogP contribution in [0.5, 0.6) is 0 Å². The van der Waals surface area contributed by atoms with Crippen molar-refractivity contribution >= 4 is 23.5 Å². The Labute approximate surface area is 203 Å². The maximum atomic E-state index is 13.8. The topological polar surface area (TPSA) is 86.7 Å². The first-order chi connectivity index (χ1) is 16.0. The van der Waals surface area contributed by atoms with Crippen LogP contribution in [0, 0.1) is 34.5 Å². The summed E-state index contributed by atoms with van der Waals surface area (Å²) in [6.07, 6.45) is 8.40. The molecule has 0 spiro atoms. The number of fused-ring (bicyclic) bond motifs is 5. The Balaban J connectivity index is 1.73. The van der Waals surface area contributed by atoms with E-state index in [-0.39, 0.29) is 48.5 Å². The number of ether oxygens (including phenoxy) is 2. The third-order valence-corrected chi connectivity index (χ3v) is 10.0. The predicted molar refractivity (Wildman–Crippen MR) is 127 cm³/mol. The highest BCUT2D eigenvalue weighted by molar-refractivity contribution is 5.93. The van der Waals surface area contributed by atoms with Crippen molar-refractivity contribution in [2.45, 2.75) is 98.0 Å². The van der Waals surface area contributed by atoms with Gasteiger partial charge in [-0.15, -0.1) is 0 Å². The lowest BCUT2D eigenvalue weighted by atomic mass is 9.48. The lowest BCUT2D eigenvalue weighted by Crippen LogP contribution is -2.60. The van der Waals surface area contributed by atoms with E-state index in [2.05, 4.69) is 19.9 Å². The second-order valence-corrected chi connectivity index (χ2v) is 11.6. The zero-order chi connectivity index (χ0) is 24.9. The third-order valence-electron chi connectivity index (χ3n) is 10.0. The van der Waals surface area contributed by atoms with Crippen LogP contribution in [0.15, 0.2) is 11.6 Å². The summed E-state index contributed by atoms with van der Waals surface area (Å²) < 4.78 is 11.4. The van der Waals surface area contributed by atoms with E-state index in [9.17, 15) is 19.2 Å². The maximum absolute atomic E-state index is 13.8. The van der Waals surface area contributed by atoms with Gasteiger partial charge >= 0.3 is 11.9 Å². The first kappa shape index (κ1) is 25.1. The normalized spacial score (nSPS) is 41.0. The van der Waals surface area contributed by atoms with Gasteiger partial charge < -0.3 is 9.47 Å². The van der Waals surface area contributed by atoms with Crippen LogP contribution in [0.25, 0.3) is 0 Å². The molecule has 0 saturated heterocycles. The summed E-state index contributed by atoms with van der Waals surface area (Å²) in [5, 5.41) is 0. The van der Waals surface area contributed by atoms with E-state index in [1.807, 2.05) is 6.92 Å². The van der Waals surface area contributed by atoms with Crippen LogP contribution >= 0.6 is 0 Å². The van der Waals surface area contributed by atoms with Crippen molar-refractivity contribution in [3.8, 4) is 0 Å². The summed E-state index contributed by atoms with van der Waals surface area (Å²) >= 11 is 0. The molecule has 188 valence electrons. The van der Waals surface area contributed by atoms with Crippen molar-refractivity contribution in [3.63, 3.8) is 0 Å². The lowest BCUT2D eigenvalue weighted by molar-refractivity contribution is -0.192. The molecule has 0 unspecified atom stereocenters. The predicted octanol–water partition coefficient (Wildman–Crippen LogP) is 4.98. The Morgan fingerprint density at radius 3 is 2.47 bits per heavy atom. The quantitative estimate of drug-likeness (QED) is 0.400. The Morgan fingerprint density at radius 1 is 1.09 bits per heavy atom. The molecule has 3 saturated carbocycles. The molecule has 0 aromatic rings. The number of allylic oxidation sites excluding steroid dienone is 2. The highest BCUT2D eigenvalue weighted by Gasteiger charge is 2.70. The van der Waals surface area contributed by atoms with Gasteiger partial charge in [0.05, 0.1) is 0 Å². The van der Waals surface area contributed by atoms with Crippen LogP contribution in [0.3, 0.4) is 0 Å². The Hall–Kier alpha value is -1.98. The molecule has 0 heterocycles. The number of rotatable bonds is 6. The number of esters is 2. The summed E-state index contributed by atoms with van der Waals surface area (Å²) in [5.41, 5.74) is -0.364. The van der Waals surface area contributed by atoms with Crippen molar-refractivity contribution in [2.75, 3.05) is 6.61 Å². The standard InChI is InChI=1S/C28H40O6/c1-6-24(31)33-16-23(30)28(34-25(32)7-2)17(3)14-22-20-9-8-18-15-19(29)10-12-26(18,4)21(20)11-13-27(22,28)5/h11,17-18,20,22H,6-10,12-16H2,1-5H3/t17-,18-,20+,22-,26-,27-,28+/m0/s1. The van der Waals surface area contributed by atoms with E-state index in [1.165, 1.54) is 5.57 Å². The van der Waals surface area contributed by atoms with Crippen LogP contribution in [0.1, 0.15) is 92.4 Å². The molecule has 0 aromatic heterocycles. The van der Waals surface area contributed by atoms with E-state index in [0.717, 1.165) is 25.7 Å². The Kier molecular flexibility index (Phi) is 6.58. The minimum Gasteiger partial charge on any atom is -0.457 e. The summed E-state index contributed by atoms with van der Waals surface area (Å²) in [4.78, 5) is 50.4. The molecule has 34 heavy (non-hydrogen) atoms. The van der Waals surface area contributed by atoms with Gasteiger partial charge in [0.1, 0.15) is 5.78 Å². The minimum absolute atomic E-state index is 0.0351.